The lowest BCUT2D eigenvalue weighted by molar-refractivity contribution is -0.129. The highest BCUT2D eigenvalue weighted by molar-refractivity contribution is 5.95. The Hall–Kier alpha value is -3.20. The molecule has 1 heterocycles. The van der Waals surface area contributed by atoms with E-state index in [2.05, 4.69) is 5.32 Å². The topological polar surface area (TPSA) is 110 Å². The summed E-state index contributed by atoms with van der Waals surface area (Å²) in [7, 11) is 1.50. The van der Waals surface area contributed by atoms with Crippen molar-refractivity contribution in [2.24, 2.45) is 0 Å². The minimum atomic E-state index is -0.531. The van der Waals surface area contributed by atoms with Crippen molar-refractivity contribution in [1.82, 2.24) is 10.8 Å². The van der Waals surface area contributed by atoms with E-state index in [1.165, 1.54) is 7.11 Å². The first kappa shape index (κ1) is 21.5. The van der Waals surface area contributed by atoms with Crippen LogP contribution in [-0.2, 0) is 14.3 Å². The van der Waals surface area contributed by atoms with E-state index in [0.29, 0.717) is 12.0 Å². The van der Waals surface area contributed by atoms with E-state index in [0.717, 1.165) is 22.3 Å². The minimum absolute atomic E-state index is 0.0444. The molecule has 1 atom stereocenters. The highest BCUT2D eigenvalue weighted by atomic mass is 16.7. The van der Waals surface area contributed by atoms with Crippen LogP contribution in [0, 0.1) is 0 Å². The van der Waals surface area contributed by atoms with Gasteiger partial charge in [0.2, 0.25) is 5.91 Å². The highest BCUT2D eigenvalue weighted by Gasteiger charge is 2.16. The molecular weight excluding hydrogens is 388 g/mol. The number of hydrogen-bond acceptors (Lipinski definition) is 6. The third-order valence-electron chi connectivity index (χ3n) is 4.56. The number of ether oxygens (including phenoxy) is 2. The molecule has 0 radical (unpaired) electrons. The first-order valence-electron chi connectivity index (χ1n) is 9.50. The van der Waals surface area contributed by atoms with Gasteiger partial charge in [-0.25, -0.2) is 5.48 Å². The zero-order chi connectivity index (χ0) is 21.3. The zero-order valence-electron chi connectivity index (χ0n) is 16.6. The zero-order valence-corrected chi connectivity index (χ0v) is 16.6. The number of carbonyl (C=O) groups is 2. The van der Waals surface area contributed by atoms with Crippen molar-refractivity contribution in [3.8, 4) is 11.3 Å². The van der Waals surface area contributed by atoms with Gasteiger partial charge in [-0.2, -0.15) is 0 Å². The number of rotatable bonds is 10. The van der Waals surface area contributed by atoms with Gasteiger partial charge in [0, 0.05) is 30.0 Å². The molecule has 30 heavy (non-hydrogen) atoms. The van der Waals surface area contributed by atoms with Crippen LogP contribution in [0.2, 0.25) is 0 Å². The standard InChI is InChI=1S/C22H24N2O6/c1-28-14-29-13-18(10-11-21(25)24-27)23-22(26)16-8-6-15(7-9-16)20-12-17-4-2-3-5-19(17)30-20/h2-9,12,18,27H,10-11,13-14H2,1H3,(H,23,26)(H,24,25). The predicted molar refractivity (Wildman–Crippen MR) is 110 cm³/mol. The van der Waals surface area contributed by atoms with Crippen LogP contribution in [0.3, 0.4) is 0 Å². The molecule has 0 fully saturated rings. The largest absolute Gasteiger partial charge is 0.456 e. The molecule has 1 unspecified atom stereocenters. The molecule has 2 aromatic carbocycles. The summed E-state index contributed by atoms with van der Waals surface area (Å²) >= 11 is 0. The van der Waals surface area contributed by atoms with Gasteiger partial charge in [-0.3, -0.25) is 14.8 Å². The lowest BCUT2D eigenvalue weighted by atomic mass is 10.1. The number of carbonyl (C=O) groups excluding carboxylic acids is 2. The quantitative estimate of drug-likeness (QED) is 0.204. The second kappa shape index (κ2) is 10.5. The van der Waals surface area contributed by atoms with Crippen molar-refractivity contribution < 1.29 is 28.7 Å². The molecule has 0 saturated heterocycles. The number of amides is 2. The van der Waals surface area contributed by atoms with E-state index in [1.807, 2.05) is 42.5 Å². The summed E-state index contributed by atoms with van der Waals surface area (Å²) in [4.78, 5) is 23.9. The van der Waals surface area contributed by atoms with E-state index in [1.54, 1.807) is 17.6 Å². The van der Waals surface area contributed by atoms with Crippen LogP contribution in [0.25, 0.3) is 22.3 Å². The van der Waals surface area contributed by atoms with Gasteiger partial charge < -0.3 is 19.2 Å². The van der Waals surface area contributed by atoms with Crippen molar-refractivity contribution in [2.45, 2.75) is 18.9 Å². The van der Waals surface area contributed by atoms with Gasteiger partial charge in [0.05, 0.1) is 12.6 Å². The summed E-state index contributed by atoms with van der Waals surface area (Å²) in [5, 5.41) is 12.5. The normalized spacial score (nSPS) is 11.9. The summed E-state index contributed by atoms with van der Waals surface area (Å²) in [6.45, 7) is 0.250. The maximum Gasteiger partial charge on any atom is 0.251 e. The molecule has 3 aromatic rings. The van der Waals surface area contributed by atoms with E-state index in [9.17, 15) is 9.59 Å². The van der Waals surface area contributed by atoms with E-state index < -0.39 is 11.9 Å². The Morgan fingerprint density at radius 1 is 1.13 bits per heavy atom. The first-order valence-corrected chi connectivity index (χ1v) is 9.50. The summed E-state index contributed by atoms with van der Waals surface area (Å²) in [6.07, 6.45) is 0.349. The third-order valence-corrected chi connectivity index (χ3v) is 4.56. The van der Waals surface area contributed by atoms with E-state index >= 15 is 0 Å². The van der Waals surface area contributed by atoms with Crippen LogP contribution in [0.15, 0.2) is 59.0 Å². The molecule has 0 bridgehead atoms. The van der Waals surface area contributed by atoms with Crippen LogP contribution < -0.4 is 10.8 Å². The molecular formula is C22H24N2O6. The molecule has 0 spiro atoms. The molecule has 0 aliphatic heterocycles. The fraction of sp³-hybridized carbons (Fsp3) is 0.273. The number of hydrogen-bond donors (Lipinski definition) is 3. The van der Waals surface area contributed by atoms with Crippen LogP contribution >= 0.6 is 0 Å². The maximum absolute atomic E-state index is 12.6. The molecule has 8 nitrogen and oxygen atoms in total. The van der Waals surface area contributed by atoms with Crippen LogP contribution in [0.1, 0.15) is 23.2 Å². The lowest BCUT2D eigenvalue weighted by Crippen LogP contribution is -2.39. The Kier molecular flexibility index (Phi) is 7.56. The average Bonchev–Trinajstić information content (AvgIpc) is 3.21. The van der Waals surface area contributed by atoms with Crippen LogP contribution in [-0.4, -0.2) is 43.6 Å². The minimum Gasteiger partial charge on any atom is -0.456 e. The van der Waals surface area contributed by atoms with Gasteiger partial charge in [0.25, 0.3) is 5.91 Å². The molecule has 3 rings (SSSR count). The Morgan fingerprint density at radius 3 is 2.60 bits per heavy atom. The van der Waals surface area contributed by atoms with Crippen molar-refractivity contribution in [2.75, 3.05) is 20.5 Å². The van der Waals surface area contributed by atoms with Gasteiger partial charge >= 0.3 is 0 Å². The van der Waals surface area contributed by atoms with Crippen molar-refractivity contribution >= 4 is 22.8 Å². The van der Waals surface area contributed by atoms with Crippen molar-refractivity contribution in [1.29, 1.82) is 0 Å². The monoisotopic (exact) mass is 412 g/mol. The van der Waals surface area contributed by atoms with Gasteiger partial charge in [0.15, 0.2) is 0 Å². The van der Waals surface area contributed by atoms with E-state index in [-0.39, 0.29) is 25.7 Å². The Labute approximate surface area is 173 Å². The Morgan fingerprint density at radius 2 is 1.90 bits per heavy atom. The number of benzene rings is 2. The van der Waals surface area contributed by atoms with Gasteiger partial charge in [-0.05, 0) is 30.7 Å². The molecule has 2 amide bonds. The molecule has 0 aliphatic carbocycles. The molecule has 0 saturated carbocycles. The maximum atomic E-state index is 12.6. The van der Waals surface area contributed by atoms with Gasteiger partial charge in [-0.1, -0.05) is 30.3 Å². The molecule has 3 N–H and O–H groups in total. The molecule has 0 aliphatic rings. The second-order valence-electron chi connectivity index (χ2n) is 6.75. The van der Waals surface area contributed by atoms with Crippen molar-refractivity contribution in [3.63, 3.8) is 0 Å². The van der Waals surface area contributed by atoms with Crippen LogP contribution in [0.4, 0.5) is 0 Å². The van der Waals surface area contributed by atoms with Gasteiger partial charge in [0.1, 0.15) is 18.1 Å². The summed E-state index contributed by atoms with van der Waals surface area (Å²) in [5.74, 6) is -0.0956. The highest BCUT2D eigenvalue weighted by Crippen LogP contribution is 2.27. The van der Waals surface area contributed by atoms with Gasteiger partial charge in [-0.15, -0.1) is 0 Å². The van der Waals surface area contributed by atoms with Crippen molar-refractivity contribution in [3.05, 3.63) is 60.2 Å². The predicted octanol–water partition coefficient (Wildman–Crippen LogP) is 3.10. The number of hydroxylamine groups is 1. The molecule has 158 valence electrons. The van der Waals surface area contributed by atoms with E-state index in [4.69, 9.17) is 19.1 Å². The molecule has 8 heteroatoms. The Balaban J connectivity index is 1.65. The third kappa shape index (κ3) is 5.66. The fourth-order valence-electron chi connectivity index (χ4n) is 3.01. The second-order valence-corrected chi connectivity index (χ2v) is 6.75. The summed E-state index contributed by atoms with van der Waals surface area (Å²) in [6, 6.07) is 16.4. The number of methoxy groups -OCH3 is 1. The average molecular weight is 412 g/mol. The fourth-order valence-corrected chi connectivity index (χ4v) is 3.01. The Bertz CT molecular complexity index is 950. The number of fused-ring (bicyclic) bond motifs is 1. The number of para-hydroxylation sites is 1. The molecule has 1 aromatic heterocycles. The summed E-state index contributed by atoms with van der Waals surface area (Å²) in [5.41, 5.74) is 3.72. The first-order chi connectivity index (χ1) is 14.6. The number of nitrogens with one attached hydrogen (secondary N) is 2. The van der Waals surface area contributed by atoms with Crippen LogP contribution in [0.5, 0.6) is 0 Å². The number of furan rings is 1. The lowest BCUT2D eigenvalue weighted by Gasteiger charge is -2.18. The smallest absolute Gasteiger partial charge is 0.251 e. The SMILES string of the molecule is COCOCC(CCC(=O)NO)NC(=O)c1ccc(-c2cc3ccccc3o2)cc1. The summed E-state index contributed by atoms with van der Waals surface area (Å²) < 4.78 is 16.0.